The first kappa shape index (κ1) is 11.6. The summed E-state index contributed by atoms with van der Waals surface area (Å²) in [5, 5.41) is 0. The third kappa shape index (κ3) is 1.88. The molecule has 16 heavy (non-hydrogen) atoms. The summed E-state index contributed by atoms with van der Waals surface area (Å²) >= 11 is 3.48. The van der Waals surface area contributed by atoms with Gasteiger partial charge in [-0.3, -0.25) is 4.79 Å². The number of halogens is 1. The standard InChI is InChI=1S/C13H16BrNO/c1-8(2)13-7-10-6-11(14)4-5-12(10)15(13)9(3)16/h4-6,8,13H,7H2,1-3H3. The predicted octanol–water partition coefficient (Wildman–Crippen LogP) is 3.38. The molecule has 0 aliphatic carbocycles. The summed E-state index contributed by atoms with van der Waals surface area (Å²) in [6, 6.07) is 6.45. The van der Waals surface area contributed by atoms with Gasteiger partial charge in [-0.2, -0.15) is 0 Å². The van der Waals surface area contributed by atoms with E-state index in [1.807, 2.05) is 17.0 Å². The fourth-order valence-electron chi connectivity index (χ4n) is 2.38. The van der Waals surface area contributed by atoms with Gasteiger partial charge in [0.15, 0.2) is 0 Å². The quantitative estimate of drug-likeness (QED) is 0.773. The Morgan fingerprint density at radius 1 is 1.50 bits per heavy atom. The minimum absolute atomic E-state index is 0.139. The molecule has 0 bridgehead atoms. The van der Waals surface area contributed by atoms with Crippen LogP contribution < -0.4 is 4.90 Å². The minimum Gasteiger partial charge on any atom is -0.309 e. The van der Waals surface area contributed by atoms with Gasteiger partial charge < -0.3 is 4.90 Å². The molecule has 2 nitrogen and oxygen atoms in total. The van der Waals surface area contributed by atoms with Crippen LogP contribution in [0.2, 0.25) is 0 Å². The van der Waals surface area contributed by atoms with Gasteiger partial charge in [-0.25, -0.2) is 0 Å². The Labute approximate surface area is 105 Å². The first-order valence-corrected chi connectivity index (χ1v) is 6.38. The molecule has 1 unspecified atom stereocenters. The summed E-state index contributed by atoms with van der Waals surface area (Å²) in [4.78, 5) is 13.7. The van der Waals surface area contributed by atoms with E-state index in [9.17, 15) is 4.79 Å². The molecule has 1 amide bonds. The molecule has 1 aliphatic rings. The van der Waals surface area contributed by atoms with Gasteiger partial charge in [-0.05, 0) is 36.1 Å². The first-order chi connectivity index (χ1) is 7.50. The maximum Gasteiger partial charge on any atom is 0.224 e. The average molecular weight is 282 g/mol. The Hall–Kier alpha value is -0.830. The van der Waals surface area contributed by atoms with Crippen molar-refractivity contribution >= 4 is 27.5 Å². The van der Waals surface area contributed by atoms with E-state index in [0.717, 1.165) is 16.6 Å². The van der Waals surface area contributed by atoms with Crippen LogP contribution in [0.15, 0.2) is 22.7 Å². The van der Waals surface area contributed by atoms with Crippen molar-refractivity contribution in [2.75, 3.05) is 4.90 Å². The van der Waals surface area contributed by atoms with Crippen LogP contribution in [0.3, 0.4) is 0 Å². The van der Waals surface area contributed by atoms with Gasteiger partial charge in [0.05, 0.1) is 0 Å². The number of nitrogens with zero attached hydrogens (tertiary/aromatic N) is 1. The highest BCUT2D eigenvalue weighted by Gasteiger charge is 2.33. The Kier molecular flexibility index (Phi) is 3.06. The molecule has 1 atom stereocenters. The lowest BCUT2D eigenvalue weighted by Crippen LogP contribution is -2.39. The van der Waals surface area contributed by atoms with E-state index in [4.69, 9.17) is 0 Å². The number of hydrogen-bond donors (Lipinski definition) is 0. The number of benzene rings is 1. The fourth-order valence-corrected chi connectivity index (χ4v) is 2.79. The molecule has 86 valence electrons. The zero-order valence-corrected chi connectivity index (χ0v) is 11.4. The number of carbonyl (C=O) groups is 1. The van der Waals surface area contributed by atoms with Gasteiger partial charge >= 0.3 is 0 Å². The topological polar surface area (TPSA) is 20.3 Å². The molecule has 3 heteroatoms. The summed E-state index contributed by atoms with van der Waals surface area (Å²) in [5.41, 5.74) is 2.35. The molecule has 0 spiro atoms. The maximum atomic E-state index is 11.7. The van der Waals surface area contributed by atoms with E-state index in [1.165, 1.54) is 5.56 Å². The Bertz CT molecular complexity index is 428. The van der Waals surface area contributed by atoms with E-state index < -0.39 is 0 Å². The number of hydrogen-bond acceptors (Lipinski definition) is 1. The molecule has 1 heterocycles. The van der Waals surface area contributed by atoms with E-state index in [1.54, 1.807) is 6.92 Å². The van der Waals surface area contributed by atoms with Crippen LogP contribution in [0.5, 0.6) is 0 Å². The molecule has 0 N–H and O–H groups in total. The van der Waals surface area contributed by atoms with Crippen molar-refractivity contribution < 1.29 is 4.79 Å². The van der Waals surface area contributed by atoms with Crippen LogP contribution in [-0.4, -0.2) is 11.9 Å². The van der Waals surface area contributed by atoms with Gasteiger partial charge in [0, 0.05) is 23.1 Å². The minimum atomic E-state index is 0.139. The lowest BCUT2D eigenvalue weighted by molar-refractivity contribution is -0.117. The number of amides is 1. The summed E-state index contributed by atoms with van der Waals surface area (Å²) < 4.78 is 1.08. The van der Waals surface area contributed by atoms with Crippen LogP contribution in [0.1, 0.15) is 26.3 Å². The molecule has 1 aromatic carbocycles. The van der Waals surface area contributed by atoms with Crippen molar-refractivity contribution in [2.24, 2.45) is 5.92 Å². The van der Waals surface area contributed by atoms with Crippen LogP contribution in [0.25, 0.3) is 0 Å². The normalized spacial score (nSPS) is 19.1. The lowest BCUT2D eigenvalue weighted by atomic mass is 10.00. The van der Waals surface area contributed by atoms with Crippen molar-refractivity contribution in [3.05, 3.63) is 28.2 Å². The Morgan fingerprint density at radius 2 is 2.19 bits per heavy atom. The second-order valence-electron chi connectivity index (χ2n) is 4.68. The zero-order valence-electron chi connectivity index (χ0n) is 9.83. The van der Waals surface area contributed by atoms with Crippen molar-refractivity contribution in [1.82, 2.24) is 0 Å². The van der Waals surface area contributed by atoms with Crippen LogP contribution in [0.4, 0.5) is 5.69 Å². The van der Waals surface area contributed by atoms with E-state index in [2.05, 4.69) is 35.8 Å². The van der Waals surface area contributed by atoms with Crippen molar-refractivity contribution in [3.8, 4) is 0 Å². The van der Waals surface area contributed by atoms with E-state index >= 15 is 0 Å². The highest BCUT2D eigenvalue weighted by atomic mass is 79.9. The second kappa shape index (κ2) is 4.21. The molecule has 2 rings (SSSR count). The lowest BCUT2D eigenvalue weighted by Gasteiger charge is -2.27. The van der Waals surface area contributed by atoms with Gasteiger partial charge in [0.2, 0.25) is 5.91 Å². The van der Waals surface area contributed by atoms with Gasteiger partial charge in [0.25, 0.3) is 0 Å². The Morgan fingerprint density at radius 3 is 2.75 bits per heavy atom. The van der Waals surface area contributed by atoms with Gasteiger partial charge in [0.1, 0.15) is 0 Å². The average Bonchev–Trinajstić information content (AvgIpc) is 2.55. The summed E-state index contributed by atoms with van der Waals surface area (Å²) in [6.07, 6.45) is 0.964. The maximum absolute atomic E-state index is 11.7. The first-order valence-electron chi connectivity index (χ1n) is 5.59. The monoisotopic (exact) mass is 281 g/mol. The van der Waals surface area contributed by atoms with E-state index in [-0.39, 0.29) is 5.91 Å². The number of fused-ring (bicyclic) bond motifs is 1. The van der Waals surface area contributed by atoms with Gasteiger partial charge in [-0.1, -0.05) is 29.8 Å². The molecule has 0 saturated carbocycles. The molecule has 1 aromatic rings. The number of carbonyl (C=O) groups excluding carboxylic acids is 1. The SMILES string of the molecule is CC(=O)N1c2ccc(Br)cc2CC1C(C)C. The number of anilines is 1. The summed E-state index contributed by atoms with van der Waals surface area (Å²) in [7, 11) is 0. The smallest absolute Gasteiger partial charge is 0.224 e. The molecule has 1 aliphatic heterocycles. The molecular formula is C13H16BrNO. The largest absolute Gasteiger partial charge is 0.309 e. The summed E-state index contributed by atoms with van der Waals surface area (Å²) in [5.74, 6) is 0.620. The third-order valence-corrected chi connectivity index (χ3v) is 3.66. The molecular weight excluding hydrogens is 266 g/mol. The van der Waals surface area contributed by atoms with Crippen LogP contribution in [-0.2, 0) is 11.2 Å². The van der Waals surface area contributed by atoms with Crippen molar-refractivity contribution in [1.29, 1.82) is 0 Å². The molecule has 0 fully saturated rings. The fraction of sp³-hybridized carbons (Fsp3) is 0.462. The second-order valence-corrected chi connectivity index (χ2v) is 5.59. The third-order valence-electron chi connectivity index (χ3n) is 3.17. The predicted molar refractivity (Wildman–Crippen MR) is 69.6 cm³/mol. The van der Waals surface area contributed by atoms with Crippen molar-refractivity contribution in [3.63, 3.8) is 0 Å². The molecule has 0 saturated heterocycles. The summed E-state index contributed by atoms with van der Waals surface area (Å²) in [6.45, 7) is 5.98. The Balaban J connectivity index is 2.45. The highest BCUT2D eigenvalue weighted by Crippen LogP contribution is 2.36. The highest BCUT2D eigenvalue weighted by molar-refractivity contribution is 9.10. The number of rotatable bonds is 1. The van der Waals surface area contributed by atoms with E-state index in [0.29, 0.717) is 12.0 Å². The molecule has 0 radical (unpaired) electrons. The van der Waals surface area contributed by atoms with Crippen LogP contribution >= 0.6 is 15.9 Å². The van der Waals surface area contributed by atoms with Crippen LogP contribution in [0, 0.1) is 5.92 Å². The molecule has 0 aromatic heterocycles. The van der Waals surface area contributed by atoms with Crippen molar-refractivity contribution in [2.45, 2.75) is 33.2 Å². The van der Waals surface area contributed by atoms with Gasteiger partial charge in [-0.15, -0.1) is 0 Å². The zero-order chi connectivity index (χ0) is 11.9.